The molecule has 12 nitrogen and oxygen atoms in total. The number of aromatic nitrogens is 6. The van der Waals surface area contributed by atoms with E-state index < -0.39 is 17.2 Å². The van der Waals surface area contributed by atoms with Gasteiger partial charge >= 0.3 is 0 Å². The molecule has 1 atom stereocenters. The van der Waals surface area contributed by atoms with Crippen molar-refractivity contribution in [2.24, 2.45) is 7.05 Å². The summed E-state index contributed by atoms with van der Waals surface area (Å²) in [5.41, 5.74) is 5.99. The molecule has 0 bridgehead atoms. The van der Waals surface area contributed by atoms with Crippen LogP contribution < -0.4 is 10.1 Å². The summed E-state index contributed by atoms with van der Waals surface area (Å²) in [6.45, 7) is 2.70. The summed E-state index contributed by atoms with van der Waals surface area (Å²) < 4.78 is 24.2. The van der Waals surface area contributed by atoms with E-state index in [9.17, 15) is 9.59 Å². The number of H-pyrrole nitrogens is 1. The molecule has 0 radical (unpaired) electrons. The van der Waals surface area contributed by atoms with Crippen molar-refractivity contribution in [3.63, 3.8) is 0 Å². The summed E-state index contributed by atoms with van der Waals surface area (Å²) in [4.78, 5) is 39.3. The first-order valence-electron chi connectivity index (χ1n) is 17.6. The second-order valence-electron chi connectivity index (χ2n) is 12.9. The monoisotopic (exact) mass is 693 g/mol. The second kappa shape index (κ2) is 14.1. The van der Waals surface area contributed by atoms with Crippen LogP contribution in [0.1, 0.15) is 35.0 Å². The van der Waals surface area contributed by atoms with Crippen molar-refractivity contribution in [3.05, 3.63) is 78.8 Å². The van der Waals surface area contributed by atoms with Gasteiger partial charge in [0.1, 0.15) is 16.8 Å². The van der Waals surface area contributed by atoms with Gasteiger partial charge in [-0.15, -0.1) is 11.8 Å². The predicted molar refractivity (Wildman–Crippen MR) is 197 cm³/mol. The Morgan fingerprint density at radius 3 is 2.56 bits per heavy atom. The summed E-state index contributed by atoms with van der Waals surface area (Å²) in [5, 5.41) is 15.8. The summed E-state index contributed by atoms with van der Waals surface area (Å²) in [6, 6.07) is 17.3. The number of hydrogen-bond acceptors (Lipinski definition) is 9. The fourth-order valence-corrected chi connectivity index (χ4v) is 7.15. The number of carbonyl (C=O) groups excluding carboxylic acids is 2. The first-order valence-corrected chi connectivity index (χ1v) is 17.9. The number of amides is 2. The molecule has 5 aromatic rings. The van der Waals surface area contributed by atoms with E-state index >= 15 is 0 Å². The number of ether oxygens (including phenoxy) is 1. The molecular weight excluding hydrogens is 651 g/mol. The quantitative estimate of drug-likeness (QED) is 0.201. The minimum atomic E-state index is -2.27. The molecule has 1 saturated heterocycles. The van der Waals surface area contributed by atoms with Crippen molar-refractivity contribution >= 4 is 45.7 Å². The van der Waals surface area contributed by atoms with Gasteiger partial charge in [-0.1, -0.05) is 30.3 Å². The third-order valence-corrected chi connectivity index (χ3v) is 10.4. The lowest BCUT2D eigenvalue weighted by molar-refractivity contribution is -0.132. The lowest BCUT2D eigenvalue weighted by Crippen LogP contribution is -2.45. The molecule has 0 saturated carbocycles. The topological polar surface area (TPSA) is 134 Å². The SMILES string of the molecule is [2H]C([2H])(C(=O)N1CC=C(c2ccc(-c3ncn(C)n3)cc2)CC1)N1CC[C@@](SC)(C(=O)Nc2ccc3[nH]nc(-c4ccc(OC(C)C)nc4)c3c2)C1. The number of carbonyl (C=O) groups is 2. The average molecular weight is 694 g/mol. The highest BCUT2D eigenvalue weighted by Crippen LogP contribution is 2.36. The van der Waals surface area contributed by atoms with E-state index in [2.05, 4.69) is 30.6 Å². The molecule has 258 valence electrons. The van der Waals surface area contributed by atoms with E-state index in [1.165, 1.54) is 16.7 Å². The van der Waals surface area contributed by atoms with Crippen molar-refractivity contribution in [2.75, 3.05) is 44.2 Å². The van der Waals surface area contributed by atoms with Crippen LogP contribution in [-0.2, 0) is 16.6 Å². The molecule has 1 fully saturated rings. The van der Waals surface area contributed by atoms with Crippen LogP contribution in [0.2, 0.25) is 0 Å². The van der Waals surface area contributed by atoms with Crippen LogP contribution >= 0.6 is 11.8 Å². The third-order valence-electron chi connectivity index (χ3n) is 9.09. The fraction of sp³-hybridized carbons (Fsp3) is 0.351. The smallest absolute Gasteiger partial charge is 0.241 e. The van der Waals surface area contributed by atoms with Gasteiger partial charge in [-0.25, -0.2) is 9.97 Å². The molecule has 13 heteroatoms. The highest BCUT2D eigenvalue weighted by atomic mass is 32.2. The average Bonchev–Trinajstić information content (AvgIpc) is 3.91. The highest BCUT2D eigenvalue weighted by Gasteiger charge is 2.44. The molecular formula is C37H41N9O3S. The number of aromatic amines is 1. The summed E-state index contributed by atoms with van der Waals surface area (Å²) >= 11 is 1.38. The van der Waals surface area contributed by atoms with E-state index in [1.807, 2.05) is 81.8 Å². The second-order valence-corrected chi connectivity index (χ2v) is 14.1. The Hall–Kier alpha value is -5.01. The normalized spacial score (nSPS) is 19.0. The minimum Gasteiger partial charge on any atom is -0.475 e. The van der Waals surface area contributed by atoms with Crippen LogP contribution in [0.25, 0.3) is 39.1 Å². The third kappa shape index (κ3) is 7.01. The van der Waals surface area contributed by atoms with Crippen LogP contribution in [0.15, 0.2) is 73.2 Å². The number of thioether (sulfide) groups is 1. The van der Waals surface area contributed by atoms with Gasteiger partial charge in [0.2, 0.25) is 17.7 Å². The van der Waals surface area contributed by atoms with Crippen LogP contribution in [-0.4, -0.2) is 101 Å². The van der Waals surface area contributed by atoms with Crippen LogP contribution in [0.4, 0.5) is 5.69 Å². The fourth-order valence-electron chi connectivity index (χ4n) is 6.34. The summed E-state index contributed by atoms with van der Waals surface area (Å²) in [5.74, 6) is 0.370. The predicted octanol–water partition coefficient (Wildman–Crippen LogP) is 5.27. The maximum atomic E-state index is 13.9. The number of fused-ring (bicyclic) bond motifs is 1. The van der Waals surface area contributed by atoms with Gasteiger partial charge in [0.05, 0.1) is 20.9 Å². The van der Waals surface area contributed by atoms with Crippen molar-refractivity contribution in [3.8, 4) is 28.5 Å². The molecule has 2 N–H and O–H groups in total. The van der Waals surface area contributed by atoms with Crippen molar-refractivity contribution in [2.45, 2.75) is 37.5 Å². The molecule has 0 unspecified atom stereocenters. The highest BCUT2D eigenvalue weighted by molar-refractivity contribution is 8.00. The minimum absolute atomic E-state index is 0.0135. The first kappa shape index (κ1) is 31.0. The standard InChI is InChI=1S/C37H41N9O3S/c1-24(2)49-32-12-9-28(20-38-32)34-30-19-29(10-11-31(30)41-42-34)40-36(48)37(50-4)15-18-45(22-37)21-33(47)46-16-13-26(14-17-46)25-5-7-27(8-6-25)35-39-23-44(3)43-35/h5-13,19-20,23-24H,14-18,21-22H2,1-4H3,(H,40,48)(H,41,42)/t37-/m0/s1/i21D2. The van der Waals surface area contributed by atoms with E-state index in [1.54, 1.807) is 28.2 Å². The zero-order chi connectivity index (χ0) is 36.6. The zero-order valence-corrected chi connectivity index (χ0v) is 29.3. The van der Waals surface area contributed by atoms with E-state index in [0.29, 0.717) is 49.0 Å². The molecule has 7 rings (SSSR count). The molecule has 50 heavy (non-hydrogen) atoms. The number of hydrogen-bond donors (Lipinski definition) is 2. The van der Waals surface area contributed by atoms with Gasteiger partial charge in [-0.2, -0.15) is 10.2 Å². The Labute approximate surface area is 298 Å². The Bertz CT molecular complexity index is 2130. The van der Waals surface area contributed by atoms with Crippen molar-refractivity contribution < 1.29 is 17.1 Å². The summed E-state index contributed by atoms with van der Waals surface area (Å²) in [7, 11) is 1.83. The molecule has 0 spiro atoms. The number of pyridine rings is 1. The summed E-state index contributed by atoms with van der Waals surface area (Å²) in [6.07, 6.45) is 8.24. The van der Waals surface area contributed by atoms with Crippen LogP contribution in [0.5, 0.6) is 5.88 Å². The van der Waals surface area contributed by atoms with Crippen LogP contribution in [0, 0.1) is 0 Å². The van der Waals surface area contributed by atoms with Crippen molar-refractivity contribution in [1.82, 2.24) is 39.7 Å². The number of anilines is 1. The van der Waals surface area contributed by atoms with E-state index in [4.69, 9.17) is 7.48 Å². The number of rotatable bonds is 10. The molecule has 5 heterocycles. The number of nitrogens with one attached hydrogen (secondary N) is 2. The Morgan fingerprint density at radius 2 is 1.88 bits per heavy atom. The van der Waals surface area contributed by atoms with Gasteiger partial charge in [0, 0.05) is 67.7 Å². The molecule has 2 amide bonds. The van der Waals surface area contributed by atoms with Crippen LogP contribution in [0.3, 0.4) is 0 Å². The Kier molecular flexibility index (Phi) is 8.73. The van der Waals surface area contributed by atoms with Gasteiger partial charge in [-0.05, 0) is 68.3 Å². The Morgan fingerprint density at radius 1 is 1.08 bits per heavy atom. The van der Waals surface area contributed by atoms with E-state index in [0.717, 1.165) is 33.2 Å². The van der Waals surface area contributed by atoms with Crippen molar-refractivity contribution in [1.29, 1.82) is 0 Å². The first-order chi connectivity index (χ1) is 25.0. The molecule has 2 aromatic carbocycles. The van der Waals surface area contributed by atoms with E-state index in [-0.39, 0.29) is 25.1 Å². The lowest BCUT2D eigenvalue weighted by Gasteiger charge is -2.29. The Balaban J connectivity index is 0.998. The maximum absolute atomic E-state index is 13.9. The zero-order valence-electron chi connectivity index (χ0n) is 30.5. The van der Waals surface area contributed by atoms with Gasteiger partial charge in [0.25, 0.3) is 0 Å². The van der Waals surface area contributed by atoms with Gasteiger partial charge < -0.3 is 15.0 Å². The number of nitrogens with zero attached hydrogens (tertiary/aromatic N) is 7. The number of likely N-dealkylation sites (tertiary alicyclic amines) is 1. The molecule has 3 aromatic heterocycles. The number of benzene rings is 2. The largest absolute Gasteiger partial charge is 0.475 e. The maximum Gasteiger partial charge on any atom is 0.241 e. The molecule has 0 aliphatic carbocycles. The number of aryl methyl sites for hydroxylation is 1. The van der Waals surface area contributed by atoms with Gasteiger partial charge in [-0.3, -0.25) is 24.3 Å². The molecule has 2 aliphatic rings. The lowest BCUT2D eigenvalue weighted by atomic mass is 9.98. The molecule has 2 aliphatic heterocycles. The van der Waals surface area contributed by atoms with Gasteiger partial charge in [0.15, 0.2) is 5.82 Å².